The summed E-state index contributed by atoms with van der Waals surface area (Å²) >= 11 is 0. The first-order valence-corrected chi connectivity index (χ1v) is 6.09. The molecule has 3 aromatic carbocycles. The van der Waals surface area contributed by atoms with Crippen molar-refractivity contribution < 1.29 is 0 Å². The van der Waals surface area contributed by atoms with E-state index in [0.29, 0.717) is 0 Å². The highest BCUT2D eigenvalue weighted by Crippen LogP contribution is 2.29. The predicted molar refractivity (Wildman–Crippen MR) is 76.8 cm³/mol. The Morgan fingerprint density at radius 3 is 2.39 bits per heavy atom. The Kier molecular flexibility index (Phi) is 1.89. The van der Waals surface area contributed by atoms with Crippen LogP contribution in [-0.4, -0.2) is 4.98 Å². The number of hydrogen-bond donors (Lipinski definition) is 0. The van der Waals surface area contributed by atoms with E-state index in [-0.39, 0.29) is 0 Å². The van der Waals surface area contributed by atoms with Crippen molar-refractivity contribution in [2.45, 2.75) is 0 Å². The third kappa shape index (κ3) is 1.25. The molecule has 0 bridgehead atoms. The number of rotatable bonds is 0. The van der Waals surface area contributed by atoms with Crippen molar-refractivity contribution in [1.82, 2.24) is 4.98 Å². The van der Waals surface area contributed by atoms with E-state index >= 15 is 0 Å². The molecule has 18 heavy (non-hydrogen) atoms. The van der Waals surface area contributed by atoms with Crippen LogP contribution in [0.15, 0.2) is 66.9 Å². The van der Waals surface area contributed by atoms with Crippen molar-refractivity contribution in [2.24, 2.45) is 0 Å². The molecule has 1 aromatic heterocycles. The Morgan fingerprint density at radius 1 is 0.556 bits per heavy atom. The van der Waals surface area contributed by atoms with Crippen LogP contribution in [-0.2, 0) is 0 Å². The fourth-order valence-corrected chi connectivity index (χ4v) is 2.62. The molecule has 4 rings (SSSR count). The van der Waals surface area contributed by atoms with Crippen molar-refractivity contribution in [3.8, 4) is 0 Å². The summed E-state index contributed by atoms with van der Waals surface area (Å²) in [6.45, 7) is 0. The van der Waals surface area contributed by atoms with Crippen LogP contribution in [0.25, 0.3) is 32.4 Å². The summed E-state index contributed by atoms with van der Waals surface area (Å²) in [5.41, 5.74) is 1.10. The third-order valence-corrected chi connectivity index (χ3v) is 3.50. The molecule has 4 aromatic rings. The molecule has 0 aliphatic carbocycles. The number of hydrogen-bond acceptors (Lipinski definition) is 1. The van der Waals surface area contributed by atoms with Gasteiger partial charge in [0.15, 0.2) is 0 Å². The van der Waals surface area contributed by atoms with Crippen molar-refractivity contribution in [3.63, 3.8) is 0 Å². The Labute approximate surface area is 105 Å². The van der Waals surface area contributed by atoms with Gasteiger partial charge in [-0.25, -0.2) is 0 Å². The van der Waals surface area contributed by atoms with E-state index in [1.54, 1.807) is 0 Å². The summed E-state index contributed by atoms with van der Waals surface area (Å²) in [5.74, 6) is 0. The summed E-state index contributed by atoms with van der Waals surface area (Å²) in [4.78, 5) is 4.47. The maximum Gasteiger partial charge on any atom is 0.0781 e. The molecule has 84 valence electrons. The van der Waals surface area contributed by atoms with Gasteiger partial charge in [0.25, 0.3) is 0 Å². The average Bonchev–Trinajstić information content (AvgIpc) is 2.75. The van der Waals surface area contributed by atoms with Gasteiger partial charge in [0.2, 0.25) is 0 Å². The molecular formula is C17H11N. The number of benzene rings is 2. The first-order valence-electron chi connectivity index (χ1n) is 6.09. The summed E-state index contributed by atoms with van der Waals surface area (Å²) in [7, 11) is 0. The van der Waals surface area contributed by atoms with Crippen molar-refractivity contribution in [1.29, 1.82) is 0 Å². The predicted octanol–water partition coefficient (Wildman–Crippen LogP) is 4.54. The van der Waals surface area contributed by atoms with Gasteiger partial charge >= 0.3 is 0 Å². The van der Waals surface area contributed by atoms with Gasteiger partial charge in [-0.1, -0.05) is 54.6 Å². The van der Waals surface area contributed by atoms with Crippen molar-refractivity contribution in [2.75, 3.05) is 0 Å². The van der Waals surface area contributed by atoms with Crippen LogP contribution in [0, 0.1) is 0 Å². The summed E-state index contributed by atoms with van der Waals surface area (Å²) in [6, 6.07) is 21.3. The molecule has 0 amide bonds. The summed E-state index contributed by atoms with van der Waals surface area (Å²) in [6.07, 6.45) is 1.87. The van der Waals surface area contributed by atoms with Crippen LogP contribution in [0.1, 0.15) is 0 Å². The van der Waals surface area contributed by atoms with E-state index < -0.39 is 0 Å². The maximum atomic E-state index is 4.47. The minimum atomic E-state index is 1.10. The van der Waals surface area contributed by atoms with E-state index in [1.807, 2.05) is 6.20 Å². The molecule has 0 aliphatic heterocycles. The Balaban J connectivity index is 2.33. The second-order valence-corrected chi connectivity index (χ2v) is 4.52. The highest BCUT2D eigenvalue weighted by molar-refractivity contribution is 6.15. The first kappa shape index (κ1) is 9.60. The van der Waals surface area contributed by atoms with Gasteiger partial charge in [-0.05, 0) is 22.2 Å². The number of nitrogens with zero attached hydrogens (tertiary/aromatic N) is 1. The van der Waals surface area contributed by atoms with Gasteiger partial charge in [-0.15, -0.1) is 0 Å². The third-order valence-electron chi connectivity index (χ3n) is 3.50. The second-order valence-electron chi connectivity index (χ2n) is 4.52. The molecule has 0 unspecified atom stereocenters. The van der Waals surface area contributed by atoms with E-state index in [1.165, 1.54) is 26.9 Å². The van der Waals surface area contributed by atoms with Crippen molar-refractivity contribution >= 4 is 32.4 Å². The number of aromatic nitrogens is 1. The molecule has 0 spiro atoms. The first-order chi connectivity index (χ1) is 8.93. The molecule has 0 N–H and O–H groups in total. The summed E-state index contributed by atoms with van der Waals surface area (Å²) in [5, 5.41) is 6.26. The molecule has 0 radical (unpaired) electrons. The van der Waals surface area contributed by atoms with Crippen LogP contribution in [0.5, 0.6) is 0 Å². The lowest BCUT2D eigenvalue weighted by atomic mass is 10.0. The molecule has 0 atom stereocenters. The van der Waals surface area contributed by atoms with Crippen molar-refractivity contribution in [3.05, 3.63) is 66.9 Å². The molecule has 0 aliphatic rings. The normalized spacial score (nSPS) is 11.3. The van der Waals surface area contributed by atoms with E-state index in [9.17, 15) is 0 Å². The molecule has 1 heterocycles. The molecule has 0 fully saturated rings. The fourth-order valence-electron chi connectivity index (χ4n) is 2.62. The maximum absolute atomic E-state index is 4.47. The quantitative estimate of drug-likeness (QED) is 0.431. The SMILES string of the molecule is c1ccc2ccc3c(ccc4ccnc43)c2cc1. The standard InChI is InChI=1S/C17H11N/c1-2-4-12-6-9-16-15(14(12)5-3-1)8-7-13-10-11-18-17(13)16/h1-11H. The van der Waals surface area contributed by atoms with Crippen LogP contribution in [0.2, 0.25) is 0 Å². The zero-order valence-electron chi connectivity index (χ0n) is 9.80. The van der Waals surface area contributed by atoms with Gasteiger partial charge in [0, 0.05) is 17.0 Å². The smallest absolute Gasteiger partial charge is 0.0781 e. The molecule has 1 nitrogen and oxygen atoms in total. The minimum absolute atomic E-state index is 1.10. The Bertz CT molecular complexity index is 873. The van der Waals surface area contributed by atoms with Crippen LogP contribution >= 0.6 is 0 Å². The lowest BCUT2D eigenvalue weighted by Gasteiger charge is -2.02. The molecule has 1 heteroatoms. The van der Waals surface area contributed by atoms with Gasteiger partial charge in [0.1, 0.15) is 0 Å². The Morgan fingerprint density at radius 2 is 1.39 bits per heavy atom. The summed E-state index contributed by atoms with van der Waals surface area (Å²) < 4.78 is 0. The van der Waals surface area contributed by atoms with Gasteiger partial charge in [0.05, 0.1) is 5.52 Å². The number of fused-ring (bicyclic) bond motifs is 5. The Hall–Kier alpha value is -2.41. The monoisotopic (exact) mass is 229 g/mol. The fraction of sp³-hybridized carbons (Fsp3) is 0. The van der Waals surface area contributed by atoms with Gasteiger partial charge in [-0.3, -0.25) is 4.98 Å². The topological polar surface area (TPSA) is 12.9 Å². The van der Waals surface area contributed by atoms with E-state index in [0.717, 1.165) is 5.52 Å². The lowest BCUT2D eigenvalue weighted by Crippen LogP contribution is -1.77. The van der Waals surface area contributed by atoms with Crippen LogP contribution in [0.4, 0.5) is 0 Å². The van der Waals surface area contributed by atoms with E-state index in [4.69, 9.17) is 0 Å². The van der Waals surface area contributed by atoms with Crippen LogP contribution in [0.3, 0.4) is 0 Å². The molecular weight excluding hydrogens is 218 g/mol. The van der Waals surface area contributed by atoms with Gasteiger partial charge < -0.3 is 0 Å². The molecule has 0 saturated heterocycles. The zero-order chi connectivity index (χ0) is 11.9. The zero-order valence-corrected chi connectivity index (χ0v) is 9.80. The molecule has 0 saturated carbocycles. The minimum Gasteiger partial charge on any atom is -0.256 e. The highest BCUT2D eigenvalue weighted by atomic mass is 14.7. The average molecular weight is 229 g/mol. The second kappa shape index (κ2) is 3.54. The van der Waals surface area contributed by atoms with E-state index in [2.05, 4.69) is 65.6 Å². The van der Waals surface area contributed by atoms with Gasteiger partial charge in [-0.2, -0.15) is 0 Å². The largest absolute Gasteiger partial charge is 0.256 e. The van der Waals surface area contributed by atoms with Crippen LogP contribution < -0.4 is 0 Å². The highest BCUT2D eigenvalue weighted by Gasteiger charge is 2.04. The lowest BCUT2D eigenvalue weighted by molar-refractivity contribution is 1.49.